The number of piperidine rings is 3. The summed E-state index contributed by atoms with van der Waals surface area (Å²) in [5.74, 6) is -1.97. The van der Waals surface area contributed by atoms with Gasteiger partial charge in [0.2, 0.25) is 17.8 Å². The Hall–Kier alpha value is -11.6. The molecule has 1 saturated carbocycles. The first-order valence-electron chi connectivity index (χ1n) is 37.0. The fourth-order valence-corrected chi connectivity index (χ4v) is 13.4. The predicted octanol–water partition coefficient (Wildman–Crippen LogP) is 6.94. The Morgan fingerprint density at radius 3 is 1.19 bits per heavy atom. The molecule has 4 aliphatic rings. The quantitative estimate of drug-likeness (QED) is 0.0645. The normalized spacial score (nSPS) is 17.4. The van der Waals surface area contributed by atoms with E-state index in [0.29, 0.717) is 121 Å². The van der Waals surface area contributed by atoms with Gasteiger partial charge < -0.3 is 51.4 Å². The molecular formula is C76H91F4N23O10. The van der Waals surface area contributed by atoms with Gasteiger partial charge in [-0.05, 0) is 161 Å². The maximum atomic E-state index is 13.6. The van der Waals surface area contributed by atoms with Crippen LogP contribution in [-0.2, 0) is 29.1 Å². The standard InChI is InChI=1S/C25H28FN7O4.C22H26FN5O4.C20H20FN7O2.C6H14N2.C3H3FN2/c1-24(2,3)37-23(35)30-11-8-25(36,9-12-30)15-31-16-27-21-19(22(31)34)14-28-33(21)18-6-4-5-17(13-18)32-10-7-20(26)29-32;1-21(2,3)32-20(30)26-9-7-22(31,8-10-26)13-27-14-24-18-17(19(27)29)12-25-28(18)16-6-4-5-15(23)11-16;21-17-4-9-27(25-17)14-2-1-3-15(10-14)28-18-16(11-24-28)19(29)26(13-23-18)12-20(30)5-7-22-8-6-20;7-5-3-1-2-4-6(5)8;4-3-1-2-5-6-3/h4-7,10,13-14,16,36H,8-9,11-12,15H2,1-3H3;4-6,11-12,14,31H,7-10,13H2,1-3H3;1-4,9-11,13,22,30H,5-8,12H2;5-6H,1-4,7-8H2;1-2H,(H,5,6)/t;;;5-,6-;/m...1./s1. The Labute approximate surface area is 644 Å². The van der Waals surface area contributed by atoms with E-state index in [2.05, 4.69) is 56.0 Å². The van der Waals surface area contributed by atoms with E-state index in [-0.39, 0.29) is 53.8 Å². The molecule has 37 heteroatoms. The SMILES string of the molecule is CC(C)(C)OC(=O)N1CCC(O)(Cn2cnc3c(cnn3-c3cccc(-n4ccc(F)n4)c3)c2=O)CC1.CC(C)(C)OC(=O)N1CCC(O)(Cn2cnc3c(cnn3-c3cccc(F)c3)c2=O)CC1.Fc1ccn[nH]1.N[C@@H]1CCCC[C@H]1N.O=c1c2cnn(-c3cccc(-n4ccc(F)n4)c3)c2ncn1CC1(O)CCNCC1. The van der Waals surface area contributed by atoms with Gasteiger partial charge in [0.25, 0.3) is 16.7 Å². The van der Waals surface area contributed by atoms with Crippen molar-refractivity contribution in [1.29, 1.82) is 0 Å². The highest BCUT2D eigenvalue weighted by Crippen LogP contribution is 2.29. The van der Waals surface area contributed by atoms with Crippen LogP contribution in [0, 0.1) is 23.7 Å². The Morgan fingerprint density at radius 1 is 0.513 bits per heavy atom. The number of nitrogens with one attached hydrogen (secondary N) is 2. The number of carbonyl (C=O) groups is 2. The van der Waals surface area contributed by atoms with Gasteiger partial charge in [0.05, 0.1) is 89.7 Å². The zero-order chi connectivity index (χ0) is 80.6. The first-order valence-corrected chi connectivity index (χ1v) is 37.0. The van der Waals surface area contributed by atoms with Crippen molar-refractivity contribution in [2.45, 2.75) is 165 Å². The van der Waals surface area contributed by atoms with Gasteiger partial charge in [-0.1, -0.05) is 31.0 Å². The topological polar surface area (TPSA) is 406 Å². The smallest absolute Gasteiger partial charge is 0.410 e. The minimum Gasteiger partial charge on any atom is -0.444 e. The highest BCUT2D eigenvalue weighted by Gasteiger charge is 2.39. The molecule has 4 fully saturated rings. The van der Waals surface area contributed by atoms with Gasteiger partial charge in [0, 0.05) is 68.9 Å². The number of benzene rings is 3. The minimum atomic E-state index is -1.17. The Kier molecular flexibility index (Phi) is 24.4. The van der Waals surface area contributed by atoms with E-state index in [1.54, 1.807) is 111 Å². The van der Waals surface area contributed by atoms with E-state index >= 15 is 0 Å². The lowest BCUT2D eigenvalue weighted by atomic mass is 9.91. The van der Waals surface area contributed by atoms with Crippen LogP contribution in [0.5, 0.6) is 0 Å². The van der Waals surface area contributed by atoms with E-state index < -0.39 is 63.9 Å². The summed E-state index contributed by atoms with van der Waals surface area (Å²) >= 11 is 0. The molecule has 1 aliphatic carbocycles. The zero-order valence-corrected chi connectivity index (χ0v) is 63.3. The van der Waals surface area contributed by atoms with Gasteiger partial charge in [-0.3, -0.25) is 33.2 Å². The third-order valence-corrected chi connectivity index (χ3v) is 19.5. The number of fused-ring (bicyclic) bond motifs is 3. The molecule has 0 spiro atoms. The molecule has 113 heavy (non-hydrogen) atoms. The molecule has 16 rings (SSSR count). The van der Waals surface area contributed by atoms with E-state index in [1.165, 1.54) is 132 Å². The third-order valence-electron chi connectivity index (χ3n) is 19.5. The van der Waals surface area contributed by atoms with Crippen molar-refractivity contribution in [2.24, 2.45) is 11.5 Å². The molecule has 0 unspecified atom stereocenters. The molecule has 12 aromatic rings. The molecule has 2 amide bonds. The maximum Gasteiger partial charge on any atom is 0.410 e. The molecule has 3 aliphatic heterocycles. The van der Waals surface area contributed by atoms with Crippen LogP contribution in [0.4, 0.5) is 27.2 Å². The molecule has 598 valence electrons. The van der Waals surface area contributed by atoms with E-state index in [0.717, 1.165) is 25.9 Å². The number of aromatic nitrogens is 18. The molecule has 3 saturated heterocycles. The van der Waals surface area contributed by atoms with Crippen molar-refractivity contribution in [2.75, 3.05) is 39.3 Å². The van der Waals surface area contributed by atoms with Crippen molar-refractivity contribution >= 4 is 45.3 Å². The van der Waals surface area contributed by atoms with Crippen LogP contribution in [0.25, 0.3) is 61.5 Å². The second-order valence-electron chi connectivity index (χ2n) is 30.5. The Morgan fingerprint density at radius 2 is 0.876 bits per heavy atom. The number of ether oxygens (including phenoxy) is 2. The molecule has 9 aromatic heterocycles. The fraction of sp³-hybridized carbons (Fsp3) is 0.421. The summed E-state index contributed by atoms with van der Waals surface area (Å²) in [7, 11) is 0. The first kappa shape index (κ1) is 80.9. The fourth-order valence-electron chi connectivity index (χ4n) is 13.4. The van der Waals surface area contributed by atoms with Crippen LogP contribution < -0.4 is 33.5 Å². The molecule has 9 N–H and O–H groups in total. The maximum absolute atomic E-state index is 13.6. The largest absolute Gasteiger partial charge is 0.444 e. The van der Waals surface area contributed by atoms with E-state index in [1.807, 2.05) is 6.07 Å². The number of hydrogen-bond acceptors (Lipinski definition) is 22. The van der Waals surface area contributed by atoms with Crippen molar-refractivity contribution in [1.82, 2.24) is 103 Å². The molecule has 12 heterocycles. The van der Waals surface area contributed by atoms with Gasteiger partial charge in [-0.25, -0.2) is 52.3 Å². The molecule has 3 aromatic carbocycles. The monoisotopic (exact) mass is 1560 g/mol. The molecule has 0 radical (unpaired) electrons. The molecular weight excluding hydrogens is 1470 g/mol. The summed E-state index contributed by atoms with van der Waals surface area (Å²) in [5, 5.41) is 62.9. The van der Waals surface area contributed by atoms with Gasteiger partial charge in [0.15, 0.2) is 16.9 Å². The Balaban J connectivity index is 0.000000144. The number of nitrogens with zero attached hydrogens (tertiary/aromatic N) is 19. The number of aromatic amines is 1. The molecule has 2 atom stereocenters. The van der Waals surface area contributed by atoms with E-state index in [9.17, 15) is 56.9 Å². The lowest BCUT2D eigenvalue weighted by molar-refractivity contribution is -0.0430. The number of halogens is 4. The number of nitrogens with two attached hydrogens (primary N) is 2. The number of carbonyl (C=O) groups excluding carboxylic acids is 2. The summed E-state index contributed by atoms with van der Waals surface area (Å²) in [6, 6.07) is 24.5. The first-order chi connectivity index (χ1) is 53.8. The van der Waals surface area contributed by atoms with Crippen LogP contribution in [0.1, 0.15) is 106 Å². The number of H-pyrrole nitrogens is 1. The number of hydrogen-bond donors (Lipinski definition) is 7. The van der Waals surface area contributed by atoms with Crippen molar-refractivity contribution in [3.63, 3.8) is 0 Å². The van der Waals surface area contributed by atoms with E-state index in [4.69, 9.17) is 20.9 Å². The Bertz CT molecular complexity index is 5450. The predicted molar refractivity (Wildman–Crippen MR) is 407 cm³/mol. The zero-order valence-electron chi connectivity index (χ0n) is 63.3. The van der Waals surface area contributed by atoms with Gasteiger partial charge in [-0.2, -0.15) is 33.6 Å². The van der Waals surface area contributed by atoms with Crippen molar-refractivity contribution < 1.29 is 51.9 Å². The second-order valence-corrected chi connectivity index (χ2v) is 30.5. The van der Waals surface area contributed by atoms with Gasteiger partial charge in [-0.15, -0.1) is 10.2 Å². The molecule has 33 nitrogen and oxygen atoms in total. The van der Waals surface area contributed by atoms with Crippen molar-refractivity contribution in [3.05, 3.63) is 202 Å². The summed E-state index contributed by atoms with van der Waals surface area (Å²) in [5.41, 5.74) is 10.1. The minimum absolute atomic E-state index is 0.0437. The van der Waals surface area contributed by atoms with Gasteiger partial charge in [0.1, 0.15) is 52.2 Å². The number of amides is 2. The summed E-state index contributed by atoms with van der Waals surface area (Å²) in [6.45, 7) is 13.8. The number of aliphatic hydroxyl groups is 3. The van der Waals surface area contributed by atoms with Crippen LogP contribution in [-0.4, -0.2) is 204 Å². The summed E-state index contributed by atoms with van der Waals surface area (Å²) in [6.07, 6.45) is 19.3. The lowest BCUT2D eigenvalue weighted by Crippen LogP contribution is -2.50. The van der Waals surface area contributed by atoms with Crippen LogP contribution in [0.15, 0.2) is 162 Å². The number of likely N-dealkylation sites (tertiary alicyclic amines) is 2. The van der Waals surface area contributed by atoms with Gasteiger partial charge >= 0.3 is 12.2 Å². The summed E-state index contributed by atoms with van der Waals surface area (Å²) < 4.78 is 74.0. The average Bonchev–Trinajstić information content (AvgIpc) is 1.66. The average molecular weight is 1560 g/mol. The lowest BCUT2D eigenvalue weighted by Gasteiger charge is -2.38. The third kappa shape index (κ3) is 20.2. The van der Waals surface area contributed by atoms with Crippen LogP contribution >= 0.6 is 0 Å². The number of rotatable bonds is 11. The second kappa shape index (κ2) is 34.1. The van der Waals surface area contributed by atoms with Crippen molar-refractivity contribution in [3.8, 4) is 28.4 Å². The van der Waals surface area contributed by atoms with Crippen LogP contribution in [0.3, 0.4) is 0 Å². The van der Waals surface area contributed by atoms with Crippen LogP contribution in [0.2, 0.25) is 0 Å². The molecule has 0 bridgehead atoms. The highest BCUT2D eigenvalue weighted by molar-refractivity contribution is 5.77. The highest BCUT2D eigenvalue weighted by atomic mass is 19.1. The summed E-state index contributed by atoms with van der Waals surface area (Å²) in [4.78, 5) is 80.1.